The van der Waals surface area contributed by atoms with Crippen molar-refractivity contribution < 1.29 is 27.2 Å². The summed E-state index contributed by atoms with van der Waals surface area (Å²) < 4.78 is 50.7. The summed E-state index contributed by atoms with van der Waals surface area (Å²) in [4.78, 5) is 0. The van der Waals surface area contributed by atoms with Crippen LogP contribution in [0.3, 0.4) is 0 Å². The topological polar surface area (TPSA) is 27.7 Å². The first-order valence-electron chi connectivity index (χ1n) is 5.00. The van der Waals surface area contributed by atoms with E-state index in [2.05, 4.69) is 6.58 Å². The second kappa shape index (κ2) is 8.61. The SMILES string of the molecule is C=C(COCCCOCCOC)[B-](F)(F)F. The molecule has 0 aliphatic heterocycles. The molecule has 0 saturated carbocycles. The molecule has 0 fully saturated rings. The van der Waals surface area contributed by atoms with E-state index in [0.29, 0.717) is 26.2 Å². The molecule has 0 heterocycles. The van der Waals surface area contributed by atoms with Crippen LogP contribution >= 0.6 is 0 Å². The second-order valence-electron chi connectivity index (χ2n) is 3.24. The van der Waals surface area contributed by atoms with Crippen molar-refractivity contribution in [1.29, 1.82) is 0 Å². The summed E-state index contributed by atoms with van der Waals surface area (Å²) in [5.74, 6) is 0. The van der Waals surface area contributed by atoms with Crippen LogP contribution < -0.4 is 0 Å². The molecule has 0 amide bonds. The minimum Gasteiger partial charge on any atom is -0.445 e. The Bertz CT molecular complexity index is 197. The molecule has 3 nitrogen and oxygen atoms in total. The van der Waals surface area contributed by atoms with Gasteiger partial charge in [0.15, 0.2) is 0 Å². The Morgan fingerprint density at radius 3 is 2.25 bits per heavy atom. The second-order valence-corrected chi connectivity index (χ2v) is 3.24. The van der Waals surface area contributed by atoms with Gasteiger partial charge < -0.3 is 27.2 Å². The zero-order valence-corrected chi connectivity index (χ0v) is 9.39. The molecular weight excluding hydrogens is 224 g/mol. The third kappa shape index (κ3) is 8.76. The highest BCUT2D eigenvalue weighted by Gasteiger charge is 2.26. The summed E-state index contributed by atoms with van der Waals surface area (Å²) in [6, 6.07) is 0. The number of hydrogen-bond acceptors (Lipinski definition) is 3. The Morgan fingerprint density at radius 1 is 1.06 bits per heavy atom. The molecule has 96 valence electrons. The molecule has 0 atom stereocenters. The number of methoxy groups -OCH3 is 1. The third-order valence-electron chi connectivity index (χ3n) is 1.76. The van der Waals surface area contributed by atoms with Crippen LogP contribution in [-0.4, -0.2) is 47.1 Å². The van der Waals surface area contributed by atoms with Gasteiger partial charge in [-0.2, -0.15) is 0 Å². The molecule has 0 N–H and O–H groups in total. The summed E-state index contributed by atoms with van der Waals surface area (Å²) in [6.07, 6.45) is 0.557. The predicted octanol–water partition coefficient (Wildman–Crippen LogP) is 2.00. The smallest absolute Gasteiger partial charge is 0.445 e. The van der Waals surface area contributed by atoms with E-state index in [1.807, 2.05) is 0 Å². The number of ether oxygens (including phenoxy) is 3. The third-order valence-corrected chi connectivity index (χ3v) is 1.76. The van der Waals surface area contributed by atoms with Gasteiger partial charge in [0.2, 0.25) is 0 Å². The van der Waals surface area contributed by atoms with Crippen molar-refractivity contribution in [2.45, 2.75) is 6.42 Å². The molecule has 0 aromatic rings. The number of hydrogen-bond donors (Lipinski definition) is 0. The van der Waals surface area contributed by atoms with E-state index in [-0.39, 0.29) is 6.61 Å². The van der Waals surface area contributed by atoms with Gasteiger partial charge in [-0.15, -0.1) is 12.1 Å². The Hall–Kier alpha value is -0.525. The van der Waals surface area contributed by atoms with Crippen LogP contribution in [0.4, 0.5) is 12.9 Å². The molecule has 0 unspecified atom stereocenters. The lowest BCUT2D eigenvalue weighted by molar-refractivity contribution is 0.0547. The lowest BCUT2D eigenvalue weighted by Gasteiger charge is -2.17. The fourth-order valence-electron chi connectivity index (χ4n) is 0.805. The summed E-state index contributed by atoms with van der Waals surface area (Å²) in [5, 5.41) is 0. The normalized spacial score (nSPS) is 11.8. The van der Waals surface area contributed by atoms with E-state index in [1.54, 1.807) is 7.11 Å². The fraction of sp³-hybridized carbons (Fsp3) is 0.778. The largest absolute Gasteiger partial charge is 0.507 e. The Labute approximate surface area is 93.6 Å². The van der Waals surface area contributed by atoms with Gasteiger partial charge in [0.25, 0.3) is 0 Å². The lowest BCUT2D eigenvalue weighted by Crippen LogP contribution is -2.22. The standard InChI is InChI=1S/C9H17BF3O3/c1-9(10(11,12)13)8-16-5-3-4-15-7-6-14-2/h1,3-8H2,2H3/q-1. The fourth-order valence-corrected chi connectivity index (χ4v) is 0.805. The molecule has 0 saturated heterocycles. The van der Waals surface area contributed by atoms with Crippen LogP contribution in [0.2, 0.25) is 0 Å². The van der Waals surface area contributed by atoms with Crippen LogP contribution in [0.25, 0.3) is 0 Å². The summed E-state index contributed by atoms with van der Waals surface area (Å²) in [6.45, 7) is -0.840. The van der Waals surface area contributed by atoms with Gasteiger partial charge in [-0.25, -0.2) is 0 Å². The Morgan fingerprint density at radius 2 is 1.69 bits per heavy atom. The average Bonchev–Trinajstić information content (AvgIpc) is 2.20. The average molecular weight is 241 g/mol. The van der Waals surface area contributed by atoms with Gasteiger partial charge in [-0.3, -0.25) is 0 Å². The zero-order valence-electron chi connectivity index (χ0n) is 9.39. The molecule has 0 aromatic carbocycles. The van der Waals surface area contributed by atoms with Gasteiger partial charge in [0.05, 0.1) is 13.2 Å². The van der Waals surface area contributed by atoms with E-state index < -0.39 is 19.1 Å². The summed E-state index contributed by atoms with van der Waals surface area (Å²) in [5.41, 5.74) is -0.805. The zero-order chi connectivity index (χ0) is 12.4. The van der Waals surface area contributed by atoms with Crippen LogP contribution in [0.15, 0.2) is 12.1 Å². The summed E-state index contributed by atoms with van der Waals surface area (Å²) in [7, 11) is 1.57. The van der Waals surface area contributed by atoms with Crippen LogP contribution in [0.5, 0.6) is 0 Å². The maximum absolute atomic E-state index is 12.0. The van der Waals surface area contributed by atoms with Gasteiger partial charge in [0, 0.05) is 26.9 Å². The molecule has 0 aromatic heterocycles. The lowest BCUT2D eigenvalue weighted by atomic mass is 9.81. The van der Waals surface area contributed by atoms with Gasteiger partial charge in [-0.05, 0) is 6.42 Å². The quantitative estimate of drug-likeness (QED) is 0.432. The number of rotatable bonds is 10. The van der Waals surface area contributed by atoms with Crippen molar-refractivity contribution in [1.82, 2.24) is 0 Å². The van der Waals surface area contributed by atoms with Crippen LogP contribution in [-0.2, 0) is 14.2 Å². The number of halogens is 3. The van der Waals surface area contributed by atoms with Crippen molar-refractivity contribution >= 4 is 6.98 Å². The highest BCUT2D eigenvalue weighted by molar-refractivity contribution is 6.66. The van der Waals surface area contributed by atoms with Gasteiger partial charge >= 0.3 is 6.98 Å². The molecule has 7 heteroatoms. The van der Waals surface area contributed by atoms with E-state index in [1.165, 1.54) is 0 Å². The molecule has 0 bridgehead atoms. The van der Waals surface area contributed by atoms with E-state index in [9.17, 15) is 12.9 Å². The van der Waals surface area contributed by atoms with E-state index in [0.717, 1.165) is 0 Å². The van der Waals surface area contributed by atoms with Crippen molar-refractivity contribution in [2.75, 3.05) is 40.1 Å². The van der Waals surface area contributed by atoms with Crippen molar-refractivity contribution in [3.63, 3.8) is 0 Å². The molecule has 16 heavy (non-hydrogen) atoms. The van der Waals surface area contributed by atoms with Crippen LogP contribution in [0, 0.1) is 0 Å². The van der Waals surface area contributed by atoms with E-state index >= 15 is 0 Å². The molecular formula is C9H17BF3O3-. The maximum Gasteiger partial charge on any atom is 0.507 e. The minimum atomic E-state index is -4.97. The van der Waals surface area contributed by atoms with Gasteiger partial charge in [0.1, 0.15) is 0 Å². The predicted molar refractivity (Wildman–Crippen MR) is 56.3 cm³/mol. The molecule has 0 aliphatic carbocycles. The van der Waals surface area contributed by atoms with E-state index in [4.69, 9.17) is 14.2 Å². The first-order chi connectivity index (χ1) is 7.48. The summed E-state index contributed by atoms with van der Waals surface area (Å²) >= 11 is 0. The monoisotopic (exact) mass is 241 g/mol. The highest BCUT2D eigenvalue weighted by atomic mass is 19.4. The van der Waals surface area contributed by atoms with Crippen molar-refractivity contribution in [2.24, 2.45) is 0 Å². The highest BCUT2D eigenvalue weighted by Crippen LogP contribution is 2.17. The Balaban J connectivity index is 3.25. The maximum atomic E-state index is 12.0. The van der Waals surface area contributed by atoms with Crippen molar-refractivity contribution in [3.05, 3.63) is 12.1 Å². The minimum absolute atomic E-state index is 0.234. The molecule has 0 aliphatic rings. The first kappa shape index (κ1) is 15.5. The first-order valence-corrected chi connectivity index (χ1v) is 5.00. The van der Waals surface area contributed by atoms with Crippen LogP contribution in [0.1, 0.15) is 6.42 Å². The van der Waals surface area contributed by atoms with Gasteiger partial charge in [-0.1, -0.05) is 0 Å². The van der Waals surface area contributed by atoms with Crippen molar-refractivity contribution in [3.8, 4) is 0 Å². The molecule has 0 spiro atoms. The molecule has 0 radical (unpaired) electrons. The Kier molecular flexibility index (Phi) is 8.32. The molecule has 0 rings (SSSR count).